The highest BCUT2D eigenvalue weighted by atomic mass is 16.6. The minimum atomic E-state index is -0.377. The van der Waals surface area contributed by atoms with E-state index >= 15 is 0 Å². The van der Waals surface area contributed by atoms with Crippen molar-refractivity contribution in [2.75, 3.05) is 6.61 Å². The summed E-state index contributed by atoms with van der Waals surface area (Å²) < 4.78 is 10.7. The van der Waals surface area contributed by atoms with Crippen molar-refractivity contribution < 1.29 is 19.1 Å². The van der Waals surface area contributed by atoms with Gasteiger partial charge in [-0.05, 0) is 37.1 Å². The van der Waals surface area contributed by atoms with Crippen LogP contribution in [0, 0.1) is 6.92 Å². The van der Waals surface area contributed by atoms with E-state index in [1.165, 1.54) is 0 Å². The van der Waals surface area contributed by atoms with Gasteiger partial charge in [-0.3, -0.25) is 0 Å². The maximum Gasteiger partial charge on any atom is 0.338 e. The molecule has 0 bridgehead atoms. The van der Waals surface area contributed by atoms with Crippen LogP contribution in [0.3, 0.4) is 0 Å². The van der Waals surface area contributed by atoms with Crippen molar-refractivity contribution in [1.82, 2.24) is 0 Å². The molecule has 2 aromatic rings. The van der Waals surface area contributed by atoms with Gasteiger partial charge in [0.25, 0.3) is 0 Å². The van der Waals surface area contributed by atoms with Crippen molar-refractivity contribution in [3.8, 4) is 0 Å². The minimum Gasteiger partial charge on any atom is -0.462 e. The van der Waals surface area contributed by atoms with Crippen LogP contribution in [-0.4, -0.2) is 24.6 Å². The first-order chi connectivity index (χ1) is 11.7. The Bertz CT molecular complexity index is 637. The molecule has 0 aliphatic carbocycles. The van der Waals surface area contributed by atoms with Gasteiger partial charge in [0.15, 0.2) is 0 Å². The molecule has 125 valence electrons. The first kappa shape index (κ1) is 17.7. The monoisotopic (exact) mass is 325 g/mol. The molecule has 1 atom stereocenters. The first-order valence-corrected chi connectivity index (χ1v) is 7.98. The van der Waals surface area contributed by atoms with Crippen molar-refractivity contribution in [3.05, 3.63) is 78.7 Å². The molecular weight excluding hydrogens is 304 g/mol. The van der Waals surface area contributed by atoms with E-state index in [1.54, 1.807) is 48.5 Å². The third-order valence-electron chi connectivity index (χ3n) is 3.49. The molecule has 24 heavy (non-hydrogen) atoms. The van der Waals surface area contributed by atoms with Crippen LogP contribution in [0.4, 0.5) is 0 Å². The predicted molar refractivity (Wildman–Crippen MR) is 91.6 cm³/mol. The molecule has 1 radical (unpaired) electrons. The maximum atomic E-state index is 12.1. The highest BCUT2D eigenvalue weighted by molar-refractivity contribution is 5.89. The third kappa shape index (κ3) is 5.54. The summed E-state index contributed by atoms with van der Waals surface area (Å²) in [4.78, 5) is 24.0. The Kier molecular flexibility index (Phi) is 7.02. The zero-order chi connectivity index (χ0) is 17.2. The lowest BCUT2D eigenvalue weighted by Crippen LogP contribution is -2.21. The fourth-order valence-electron chi connectivity index (χ4n) is 2.22. The van der Waals surface area contributed by atoms with Gasteiger partial charge in [0.2, 0.25) is 0 Å². The van der Waals surface area contributed by atoms with E-state index in [-0.39, 0.29) is 24.6 Å². The summed E-state index contributed by atoms with van der Waals surface area (Å²) in [5.74, 6) is -0.748. The second kappa shape index (κ2) is 9.50. The third-order valence-corrected chi connectivity index (χ3v) is 3.49. The van der Waals surface area contributed by atoms with E-state index in [9.17, 15) is 9.59 Å². The molecular formula is C20H21O4. The lowest BCUT2D eigenvalue weighted by molar-refractivity contribution is 0.0167. The summed E-state index contributed by atoms with van der Waals surface area (Å²) in [5.41, 5.74) is 1.01. The van der Waals surface area contributed by atoms with Crippen molar-refractivity contribution in [2.45, 2.75) is 25.4 Å². The Morgan fingerprint density at radius 1 is 0.833 bits per heavy atom. The molecule has 0 saturated heterocycles. The van der Waals surface area contributed by atoms with Gasteiger partial charge < -0.3 is 9.47 Å². The summed E-state index contributed by atoms with van der Waals surface area (Å²) in [5, 5.41) is 0. The standard InChI is InChI=1S/C20H21O4/c1-2-9-18(24-20(22)17-12-7-4-8-13-17)14-15-23-19(21)16-10-5-3-6-11-16/h3-8,10-13,18H,1-2,9,14-15H2. The molecule has 0 spiro atoms. The second-order valence-corrected chi connectivity index (χ2v) is 5.33. The highest BCUT2D eigenvalue weighted by Crippen LogP contribution is 2.12. The van der Waals surface area contributed by atoms with Crippen LogP contribution in [0.5, 0.6) is 0 Å². The normalized spacial score (nSPS) is 11.5. The predicted octanol–water partition coefficient (Wildman–Crippen LogP) is 4.07. The summed E-state index contributed by atoms with van der Waals surface area (Å²) >= 11 is 0. The maximum absolute atomic E-state index is 12.1. The number of hydrogen-bond donors (Lipinski definition) is 0. The first-order valence-electron chi connectivity index (χ1n) is 7.98. The van der Waals surface area contributed by atoms with Crippen LogP contribution in [-0.2, 0) is 9.47 Å². The molecule has 4 nitrogen and oxygen atoms in total. The number of esters is 2. The Labute approximate surface area is 142 Å². The highest BCUT2D eigenvalue weighted by Gasteiger charge is 2.16. The van der Waals surface area contributed by atoms with Gasteiger partial charge in [0.1, 0.15) is 6.10 Å². The average Bonchev–Trinajstić information content (AvgIpc) is 2.63. The topological polar surface area (TPSA) is 52.6 Å². The zero-order valence-corrected chi connectivity index (χ0v) is 13.5. The molecule has 0 aromatic heterocycles. The molecule has 0 heterocycles. The largest absolute Gasteiger partial charge is 0.462 e. The summed E-state index contributed by atoms with van der Waals surface area (Å²) in [7, 11) is 0. The van der Waals surface area contributed by atoms with Crippen LogP contribution in [0.1, 0.15) is 40.0 Å². The molecule has 0 aliphatic rings. The van der Waals surface area contributed by atoms with E-state index in [0.717, 1.165) is 0 Å². The van der Waals surface area contributed by atoms with Gasteiger partial charge >= 0.3 is 11.9 Å². The van der Waals surface area contributed by atoms with E-state index in [0.29, 0.717) is 30.4 Å². The molecule has 0 amide bonds. The lowest BCUT2D eigenvalue weighted by Gasteiger charge is -2.17. The van der Waals surface area contributed by atoms with Gasteiger partial charge in [0, 0.05) is 6.42 Å². The SMILES string of the molecule is [CH2]CCC(CCOC(=O)c1ccccc1)OC(=O)c1ccccc1. The fourth-order valence-corrected chi connectivity index (χ4v) is 2.22. The van der Waals surface area contributed by atoms with E-state index in [1.807, 2.05) is 12.1 Å². The summed E-state index contributed by atoms with van der Waals surface area (Å²) in [6.45, 7) is 3.99. The van der Waals surface area contributed by atoms with E-state index < -0.39 is 0 Å². The molecule has 1 unspecified atom stereocenters. The Morgan fingerprint density at radius 2 is 1.38 bits per heavy atom. The average molecular weight is 325 g/mol. The van der Waals surface area contributed by atoms with Gasteiger partial charge in [0.05, 0.1) is 17.7 Å². The van der Waals surface area contributed by atoms with Crippen molar-refractivity contribution in [2.24, 2.45) is 0 Å². The Morgan fingerprint density at radius 3 is 1.92 bits per heavy atom. The van der Waals surface area contributed by atoms with Crippen molar-refractivity contribution in [3.63, 3.8) is 0 Å². The molecule has 0 aliphatic heterocycles. The van der Waals surface area contributed by atoms with Gasteiger partial charge in [-0.15, -0.1) is 0 Å². The van der Waals surface area contributed by atoms with E-state index in [2.05, 4.69) is 6.92 Å². The summed E-state index contributed by atoms with van der Waals surface area (Å²) in [6, 6.07) is 17.6. The molecule has 2 rings (SSSR count). The Hall–Kier alpha value is -2.62. The zero-order valence-electron chi connectivity index (χ0n) is 13.5. The smallest absolute Gasteiger partial charge is 0.338 e. The van der Waals surface area contributed by atoms with Crippen LogP contribution < -0.4 is 0 Å². The lowest BCUT2D eigenvalue weighted by atomic mass is 10.1. The van der Waals surface area contributed by atoms with Gasteiger partial charge in [-0.2, -0.15) is 0 Å². The van der Waals surface area contributed by atoms with Crippen LogP contribution in [0.25, 0.3) is 0 Å². The molecule has 2 aromatic carbocycles. The molecule has 0 saturated carbocycles. The van der Waals surface area contributed by atoms with E-state index in [4.69, 9.17) is 9.47 Å². The number of carbonyl (C=O) groups is 2. The number of benzene rings is 2. The van der Waals surface area contributed by atoms with Crippen LogP contribution in [0.2, 0.25) is 0 Å². The van der Waals surface area contributed by atoms with Crippen LogP contribution >= 0.6 is 0 Å². The van der Waals surface area contributed by atoms with Gasteiger partial charge in [-0.1, -0.05) is 43.3 Å². The van der Waals surface area contributed by atoms with Crippen molar-refractivity contribution >= 4 is 11.9 Å². The molecule has 4 heteroatoms. The minimum absolute atomic E-state index is 0.195. The quantitative estimate of drug-likeness (QED) is 0.686. The van der Waals surface area contributed by atoms with Gasteiger partial charge in [-0.25, -0.2) is 9.59 Å². The summed E-state index contributed by atoms with van der Waals surface area (Å²) in [6.07, 6.45) is 1.40. The number of carbonyl (C=O) groups excluding carboxylic acids is 2. The molecule has 0 N–H and O–H groups in total. The second-order valence-electron chi connectivity index (χ2n) is 5.33. The van der Waals surface area contributed by atoms with Crippen molar-refractivity contribution in [1.29, 1.82) is 0 Å². The Balaban J connectivity index is 1.83. The van der Waals surface area contributed by atoms with Crippen LogP contribution in [0.15, 0.2) is 60.7 Å². The number of ether oxygens (including phenoxy) is 2. The number of hydrogen-bond acceptors (Lipinski definition) is 4. The fraction of sp³-hybridized carbons (Fsp3) is 0.250. The number of rotatable bonds is 8. The molecule has 0 fully saturated rings.